The summed E-state index contributed by atoms with van der Waals surface area (Å²) < 4.78 is 0. The molecule has 0 bridgehead atoms. The molecule has 0 aromatic heterocycles. The summed E-state index contributed by atoms with van der Waals surface area (Å²) in [5.74, 6) is -0.486. The van der Waals surface area contributed by atoms with Gasteiger partial charge in [0, 0.05) is 13.1 Å². The Morgan fingerprint density at radius 3 is 2.67 bits per heavy atom. The Hall–Kier alpha value is -1.91. The third-order valence-corrected chi connectivity index (χ3v) is 2.93. The fourth-order valence-electron chi connectivity index (χ4n) is 1.91. The average Bonchev–Trinajstić information content (AvgIpc) is 2.38. The van der Waals surface area contributed by atoms with Gasteiger partial charge in [0.1, 0.15) is 0 Å². The van der Waals surface area contributed by atoms with Crippen LogP contribution >= 0.6 is 0 Å². The van der Waals surface area contributed by atoms with Gasteiger partial charge in [-0.15, -0.1) is 0 Å². The normalized spacial score (nSPS) is 12.5. The maximum Gasteiger partial charge on any atom is 0.235 e. The summed E-state index contributed by atoms with van der Waals surface area (Å²) in [5, 5.41) is 5.56. The van der Waals surface area contributed by atoms with Gasteiger partial charge in [-0.05, 0) is 16.3 Å². The summed E-state index contributed by atoms with van der Waals surface area (Å²) in [6.45, 7) is 1.06. The number of hydrogen-bond acceptors (Lipinski definition) is 3. The van der Waals surface area contributed by atoms with Gasteiger partial charge in [-0.3, -0.25) is 4.79 Å². The summed E-state index contributed by atoms with van der Waals surface area (Å²) in [4.78, 5) is 10.8. The molecule has 5 N–H and O–H groups in total. The third-order valence-electron chi connectivity index (χ3n) is 2.93. The van der Waals surface area contributed by atoms with Gasteiger partial charge in [0.15, 0.2) is 0 Å². The van der Waals surface area contributed by atoms with E-state index in [1.54, 1.807) is 0 Å². The molecule has 0 saturated carbocycles. The number of fused-ring (bicyclic) bond motifs is 1. The Bertz CT molecular complexity index is 548. The Morgan fingerprint density at radius 2 is 1.89 bits per heavy atom. The summed E-state index contributed by atoms with van der Waals surface area (Å²) >= 11 is 0. The molecular weight excluding hydrogens is 226 g/mol. The highest BCUT2D eigenvalue weighted by molar-refractivity contribution is 5.85. The minimum absolute atomic E-state index is 0.387. The van der Waals surface area contributed by atoms with Crippen LogP contribution in [0.1, 0.15) is 5.56 Å². The number of nitrogens with two attached hydrogens (primary N) is 2. The Morgan fingerprint density at radius 1 is 1.17 bits per heavy atom. The van der Waals surface area contributed by atoms with Crippen LogP contribution in [0.2, 0.25) is 0 Å². The van der Waals surface area contributed by atoms with E-state index >= 15 is 0 Å². The lowest BCUT2D eigenvalue weighted by molar-refractivity contribution is -0.119. The first-order valence-electron chi connectivity index (χ1n) is 5.91. The first-order valence-corrected chi connectivity index (χ1v) is 5.91. The molecule has 0 fully saturated rings. The zero-order valence-corrected chi connectivity index (χ0v) is 10.1. The molecule has 0 saturated heterocycles. The lowest BCUT2D eigenvalue weighted by Gasteiger charge is -2.10. The van der Waals surface area contributed by atoms with E-state index in [4.69, 9.17) is 11.5 Å². The minimum Gasteiger partial charge on any atom is -0.368 e. The van der Waals surface area contributed by atoms with E-state index in [2.05, 4.69) is 29.6 Å². The fraction of sp³-hybridized carbons (Fsp3) is 0.214. The molecule has 0 aliphatic carbocycles. The second kappa shape index (κ2) is 5.62. The van der Waals surface area contributed by atoms with Gasteiger partial charge in [-0.25, -0.2) is 0 Å². The third kappa shape index (κ3) is 2.85. The minimum atomic E-state index is -0.639. The van der Waals surface area contributed by atoms with E-state index in [0.717, 1.165) is 0 Å². The summed E-state index contributed by atoms with van der Waals surface area (Å²) in [6.07, 6.45) is 0. The molecule has 4 heteroatoms. The molecule has 1 amide bonds. The van der Waals surface area contributed by atoms with Crippen LogP contribution in [0.5, 0.6) is 0 Å². The molecule has 2 rings (SSSR count). The van der Waals surface area contributed by atoms with Crippen molar-refractivity contribution in [2.75, 3.05) is 6.54 Å². The zero-order chi connectivity index (χ0) is 13.0. The van der Waals surface area contributed by atoms with Crippen LogP contribution in [0.15, 0.2) is 42.5 Å². The van der Waals surface area contributed by atoms with Crippen LogP contribution in [-0.4, -0.2) is 18.5 Å². The Labute approximate surface area is 106 Å². The summed E-state index contributed by atoms with van der Waals surface area (Å²) in [6, 6.07) is 13.7. The molecule has 1 atom stereocenters. The number of carbonyl (C=O) groups excluding carboxylic acids is 1. The topological polar surface area (TPSA) is 81.1 Å². The zero-order valence-electron chi connectivity index (χ0n) is 10.1. The van der Waals surface area contributed by atoms with Gasteiger partial charge in [-0.2, -0.15) is 0 Å². The van der Waals surface area contributed by atoms with Crippen molar-refractivity contribution in [2.45, 2.75) is 12.6 Å². The lowest BCUT2D eigenvalue weighted by Crippen LogP contribution is -2.44. The molecule has 18 heavy (non-hydrogen) atoms. The first kappa shape index (κ1) is 12.5. The van der Waals surface area contributed by atoms with Gasteiger partial charge in [0.2, 0.25) is 5.91 Å². The number of benzene rings is 2. The van der Waals surface area contributed by atoms with E-state index in [-0.39, 0.29) is 0 Å². The van der Waals surface area contributed by atoms with Crippen LogP contribution in [0.25, 0.3) is 10.8 Å². The van der Waals surface area contributed by atoms with Gasteiger partial charge in [-0.1, -0.05) is 42.5 Å². The summed E-state index contributed by atoms with van der Waals surface area (Å²) in [5.41, 5.74) is 11.8. The van der Waals surface area contributed by atoms with Crippen molar-refractivity contribution < 1.29 is 4.79 Å². The molecule has 0 spiro atoms. The van der Waals surface area contributed by atoms with E-state index in [1.165, 1.54) is 16.3 Å². The highest BCUT2D eigenvalue weighted by Gasteiger charge is 2.08. The van der Waals surface area contributed by atoms with Crippen molar-refractivity contribution in [1.29, 1.82) is 0 Å². The van der Waals surface area contributed by atoms with E-state index in [1.807, 2.05) is 18.2 Å². The molecule has 2 aromatic carbocycles. The summed E-state index contributed by atoms with van der Waals surface area (Å²) in [7, 11) is 0. The molecule has 1 unspecified atom stereocenters. The van der Waals surface area contributed by atoms with Crippen LogP contribution in [0.4, 0.5) is 0 Å². The van der Waals surface area contributed by atoms with Gasteiger partial charge >= 0.3 is 0 Å². The molecule has 4 nitrogen and oxygen atoms in total. The quantitative estimate of drug-likeness (QED) is 0.724. The smallest absolute Gasteiger partial charge is 0.235 e. The number of hydrogen-bond donors (Lipinski definition) is 3. The van der Waals surface area contributed by atoms with Crippen LogP contribution in [-0.2, 0) is 11.3 Å². The van der Waals surface area contributed by atoms with Crippen LogP contribution in [0, 0.1) is 0 Å². The molecule has 94 valence electrons. The van der Waals surface area contributed by atoms with Crippen LogP contribution in [0.3, 0.4) is 0 Å². The first-order chi connectivity index (χ1) is 8.68. The second-order valence-corrected chi connectivity index (χ2v) is 4.28. The molecule has 0 heterocycles. The lowest BCUT2D eigenvalue weighted by atomic mass is 10.0. The molecular formula is C14H17N3O. The standard InChI is InChI=1S/C14H17N3O/c15-13(14(16)18)9-17-8-11-6-3-5-10-4-1-2-7-12(10)11/h1-7,13,17H,8-9,15H2,(H2,16,18). The average molecular weight is 243 g/mol. The largest absolute Gasteiger partial charge is 0.368 e. The van der Waals surface area contributed by atoms with E-state index in [9.17, 15) is 4.79 Å². The number of primary amides is 1. The van der Waals surface area contributed by atoms with Gasteiger partial charge in [0.05, 0.1) is 6.04 Å². The molecule has 0 aliphatic rings. The number of rotatable bonds is 5. The predicted molar refractivity (Wildman–Crippen MR) is 72.8 cm³/mol. The fourth-order valence-corrected chi connectivity index (χ4v) is 1.91. The second-order valence-electron chi connectivity index (χ2n) is 4.28. The molecule has 0 aliphatic heterocycles. The predicted octanol–water partition coefficient (Wildman–Crippen LogP) is 0.742. The Balaban J connectivity index is 2.06. The van der Waals surface area contributed by atoms with E-state index in [0.29, 0.717) is 13.1 Å². The van der Waals surface area contributed by atoms with Crippen molar-refractivity contribution >= 4 is 16.7 Å². The number of carbonyl (C=O) groups is 1. The maximum atomic E-state index is 10.8. The van der Waals surface area contributed by atoms with Crippen molar-refractivity contribution in [1.82, 2.24) is 5.32 Å². The maximum absolute atomic E-state index is 10.8. The van der Waals surface area contributed by atoms with Gasteiger partial charge in [0.25, 0.3) is 0 Å². The number of amides is 1. The van der Waals surface area contributed by atoms with Gasteiger partial charge < -0.3 is 16.8 Å². The van der Waals surface area contributed by atoms with Crippen molar-refractivity contribution in [3.05, 3.63) is 48.0 Å². The monoisotopic (exact) mass is 243 g/mol. The highest BCUT2D eigenvalue weighted by Crippen LogP contribution is 2.17. The number of nitrogens with one attached hydrogen (secondary N) is 1. The van der Waals surface area contributed by atoms with Crippen LogP contribution < -0.4 is 16.8 Å². The molecule has 0 radical (unpaired) electrons. The van der Waals surface area contributed by atoms with Crippen molar-refractivity contribution in [3.63, 3.8) is 0 Å². The van der Waals surface area contributed by atoms with Crippen molar-refractivity contribution in [3.8, 4) is 0 Å². The van der Waals surface area contributed by atoms with E-state index < -0.39 is 11.9 Å². The molecule has 2 aromatic rings. The Kier molecular flexibility index (Phi) is 3.92. The van der Waals surface area contributed by atoms with Crippen molar-refractivity contribution in [2.24, 2.45) is 11.5 Å². The SMILES string of the molecule is NC(=O)C(N)CNCc1cccc2ccccc12. The highest BCUT2D eigenvalue weighted by atomic mass is 16.1.